The third-order valence-electron chi connectivity index (χ3n) is 6.41. The summed E-state index contributed by atoms with van der Waals surface area (Å²) < 4.78 is 0. The molecule has 5 fully saturated rings. The fourth-order valence-electron chi connectivity index (χ4n) is 5.98. The number of rotatable bonds is 2. The molecule has 5 rings (SSSR count). The van der Waals surface area contributed by atoms with Crippen LogP contribution in [0.3, 0.4) is 0 Å². The smallest absolute Gasteiger partial charge is 0.224 e. The standard InChI is InChI=1S/C16H26N2O/c1-17-14-2-3-18(15(19)7-14)16-8-11-4-12(9-16)6-13(5-11)10-16/h11-14,17H,2-10H2,1H3. The SMILES string of the molecule is CNC1CCN(C23CC4CC(CC(C4)C2)C3)C(=O)C1. The van der Waals surface area contributed by atoms with Crippen molar-refractivity contribution in [1.29, 1.82) is 0 Å². The second-order valence-electron chi connectivity index (χ2n) is 7.67. The van der Waals surface area contributed by atoms with Gasteiger partial charge in [-0.2, -0.15) is 0 Å². The summed E-state index contributed by atoms with van der Waals surface area (Å²) in [6.45, 7) is 0.997. The Morgan fingerprint density at radius 2 is 1.68 bits per heavy atom. The Morgan fingerprint density at radius 3 is 2.16 bits per heavy atom. The molecular weight excluding hydrogens is 236 g/mol. The van der Waals surface area contributed by atoms with Crippen molar-refractivity contribution in [3.8, 4) is 0 Å². The Labute approximate surface area is 116 Å². The summed E-state index contributed by atoms with van der Waals surface area (Å²) in [6, 6.07) is 0.415. The Morgan fingerprint density at radius 1 is 1.11 bits per heavy atom. The third kappa shape index (κ3) is 1.84. The van der Waals surface area contributed by atoms with Crippen LogP contribution < -0.4 is 5.32 Å². The molecule has 0 aromatic carbocycles. The molecule has 1 heterocycles. The number of nitrogens with one attached hydrogen (secondary N) is 1. The molecule has 4 saturated carbocycles. The summed E-state index contributed by atoms with van der Waals surface area (Å²) in [5.41, 5.74) is 0.282. The van der Waals surface area contributed by atoms with Crippen LogP contribution in [0.5, 0.6) is 0 Å². The second-order valence-corrected chi connectivity index (χ2v) is 7.67. The zero-order valence-corrected chi connectivity index (χ0v) is 12.0. The predicted molar refractivity (Wildman–Crippen MR) is 74.7 cm³/mol. The van der Waals surface area contributed by atoms with E-state index in [1.165, 1.54) is 38.5 Å². The van der Waals surface area contributed by atoms with Gasteiger partial charge >= 0.3 is 0 Å². The van der Waals surface area contributed by atoms with Crippen LogP contribution in [-0.4, -0.2) is 36.0 Å². The number of hydrogen-bond acceptors (Lipinski definition) is 2. The lowest BCUT2D eigenvalue weighted by Crippen LogP contribution is -2.63. The van der Waals surface area contributed by atoms with Crippen LogP contribution in [-0.2, 0) is 4.79 Å². The molecule has 1 N–H and O–H groups in total. The maximum atomic E-state index is 12.6. The summed E-state index contributed by atoms with van der Waals surface area (Å²) in [4.78, 5) is 14.9. The van der Waals surface area contributed by atoms with E-state index in [0.717, 1.165) is 37.1 Å². The highest BCUT2D eigenvalue weighted by atomic mass is 16.2. The topological polar surface area (TPSA) is 32.3 Å². The van der Waals surface area contributed by atoms with Crippen LogP contribution in [0.4, 0.5) is 0 Å². The summed E-state index contributed by atoms with van der Waals surface area (Å²) in [5.74, 6) is 3.22. The van der Waals surface area contributed by atoms with Crippen molar-refractivity contribution < 1.29 is 4.79 Å². The molecule has 0 radical (unpaired) electrons. The maximum Gasteiger partial charge on any atom is 0.224 e. The van der Waals surface area contributed by atoms with Crippen molar-refractivity contribution in [2.45, 2.75) is 62.9 Å². The monoisotopic (exact) mass is 262 g/mol. The molecule has 0 spiro atoms. The first-order valence-corrected chi connectivity index (χ1v) is 8.16. The highest BCUT2D eigenvalue weighted by Gasteiger charge is 2.55. The number of piperidine rings is 1. The van der Waals surface area contributed by atoms with Gasteiger partial charge in [-0.05, 0) is 69.7 Å². The van der Waals surface area contributed by atoms with Crippen LogP contribution >= 0.6 is 0 Å². The molecule has 1 amide bonds. The van der Waals surface area contributed by atoms with Gasteiger partial charge in [-0.15, -0.1) is 0 Å². The van der Waals surface area contributed by atoms with Gasteiger partial charge in [0.05, 0.1) is 0 Å². The number of carbonyl (C=O) groups is 1. The number of likely N-dealkylation sites (tertiary alicyclic amines) is 1. The molecule has 3 heteroatoms. The highest BCUT2D eigenvalue weighted by molar-refractivity contribution is 5.78. The van der Waals surface area contributed by atoms with Crippen molar-refractivity contribution in [3.05, 3.63) is 0 Å². The van der Waals surface area contributed by atoms with Crippen LogP contribution in [0, 0.1) is 17.8 Å². The van der Waals surface area contributed by atoms with Gasteiger partial charge in [0, 0.05) is 24.5 Å². The van der Waals surface area contributed by atoms with Crippen molar-refractivity contribution >= 4 is 5.91 Å². The Hall–Kier alpha value is -0.570. The van der Waals surface area contributed by atoms with Crippen molar-refractivity contribution in [2.24, 2.45) is 17.8 Å². The van der Waals surface area contributed by atoms with E-state index in [2.05, 4.69) is 10.2 Å². The third-order valence-corrected chi connectivity index (χ3v) is 6.41. The molecule has 3 nitrogen and oxygen atoms in total. The van der Waals surface area contributed by atoms with Gasteiger partial charge in [0.1, 0.15) is 0 Å². The van der Waals surface area contributed by atoms with Crippen LogP contribution in [0.2, 0.25) is 0 Å². The summed E-state index contributed by atoms with van der Waals surface area (Å²) in [6.07, 6.45) is 10.2. The zero-order valence-electron chi connectivity index (χ0n) is 12.0. The summed E-state index contributed by atoms with van der Waals surface area (Å²) in [5, 5.41) is 3.28. The van der Waals surface area contributed by atoms with E-state index in [9.17, 15) is 4.79 Å². The first-order valence-electron chi connectivity index (χ1n) is 8.16. The van der Waals surface area contributed by atoms with Crippen LogP contribution in [0.1, 0.15) is 51.4 Å². The fourth-order valence-corrected chi connectivity index (χ4v) is 5.98. The van der Waals surface area contributed by atoms with Gasteiger partial charge in [0.15, 0.2) is 0 Å². The maximum absolute atomic E-state index is 12.6. The average Bonchev–Trinajstić information content (AvgIpc) is 2.36. The van der Waals surface area contributed by atoms with E-state index < -0.39 is 0 Å². The van der Waals surface area contributed by atoms with Gasteiger partial charge in [-0.25, -0.2) is 0 Å². The molecule has 1 atom stereocenters. The molecule has 0 aromatic rings. The lowest BCUT2D eigenvalue weighted by Gasteiger charge is -2.61. The van der Waals surface area contributed by atoms with Gasteiger partial charge in [-0.3, -0.25) is 4.79 Å². The normalized spacial score (nSPS) is 48.9. The predicted octanol–water partition coefficient (Wildman–Crippen LogP) is 2.17. The molecule has 5 aliphatic rings. The average molecular weight is 262 g/mol. The minimum Gasteiger partial charge on any atom is -0.337 e. The molecule has 1 aliphatic heterocycles. The first-order chi connectivity index (χ1) is 9.18. The molecular formula is C16H26N2O. The molecule has 4 bridgehead atoms. The Balaban J connectivity index is 1.57. The van der Waals surface area contributed by atoms with Gasteiger partial charge in [0.2, 0.25) is 5.91 Å². The Kier molecular flexibility index (Phi) is 2.70. The molecule has 1 unspecified atom stereocenters. The van der Waals surface area contributed by atoms with E-state index in [4.69, 9.17) is 0 Å². The van der Waals surface area contributed by atoms with E-state index in [0.29, 0.717) is 11.9 Å². The number of nitrogens with zero attached hydrogens (tertiary/aromatic N) is 1. The second kappa shape index (κ2) is 4.21. The molecule has 106 valence electrons. The first kappa shape index (κ1) is 12.2. The van der Waals surface area contributed by atoms with Crippen molar-refractivity contribution in [3.63, 3.8) is 0 Å². The summed E-state index contributed by atoms with van der Waals surface area (Å²) in [7, 11) is 1.98. The van der Waals surface area contributed by atoms with Gasteiger partial charge < -0.3 is 10.2 Å². The zero-order chi connectivity index (χ0) is 13.0. The van der Waals surface area contributed by atoms with Crippen molar-refractivity contribution in [1.82, 2.24) is 10.2 Å². The Bertz CT molecular complexity index is 357. The largest absolute Gasteiger partial charge is 0.337 e. The van der Waals surface area contributed by atoms with E-state index in [-0.39, 0.29) is 5.54 Å². The number of carbonyl (C=O) groups excluding carboxylic acids is 1. The molecule has 0 aromatic heterocycles. The van der Waals surface area contributed by atoms with E-state index in [1.54, 1.807) is 0 Å². The molecule has 19 heavy (non-hydrogen) atoms. The number of amides is 1. The van der Waals surface area contributed by atoms with E-state index in [1.807, 2.05) is 7.05 Å². The quantitative estimate of drug-likeness (QED) is 0.827. The van der Waals surface area contributed by atoms with Gasteiger partial charge in [0.25, 0.3) is 0 Å². The van der Waals surface area contributed by atoms with Crippen LogP contribution in [0.25, 0.3) is 0 Å². The minimum absolute atomic E-state index is 0.282. The van der Waals surface area contributed by atoms with Gasteiger partial charge in [-0.1, -0.05) is 0 Å². The lowest BCUT2D eigenvalue weighted by molar-refractivity contribution is -0.155. The van der Waals surface area contributed by atoms with E-state index >= 15 is 0 Å². The minimum atomic E-state index is 0.282. The highest BCUT2D eigenvalue weighted by Crippen LogP contribution is 2.58. The molecule has 1 saturated heterocycles. The summed E-state index contributed by atoms with van der Waals surface area (Å²) >= 11 is 0. The van der Waals surface area contributed by atoms with Crippen molar-refractivity contribution in [2.75, 3.05) is 13.6 Å². The number of hydrogen-bond donors (Lipinski definition) is 1. The molecule has 4 aliphatic carbocycles. The van der Waals surface area contributed by atoms with Crippen LogP contribution in [0.15, 0.2) is 0 Å². The lowest BCUT2D eigenvalue weighted by atomic mass is 9.52. The fraction of sp³-hybridized carbons (Fsp3) is 0.938.